The monoisotopic (exact) mass is 508 g/mol. The summed E-state index contributed by atoms with van der Waals surface area (Å²) in [5.41, 5.74) is 0.917. The molecule has 0 bridgehead atoms. The lowest BCUT2D eigenvalue weighted by atomic mass is 9.83. The summed E-state index contributed by atoms with van der Waals surface area (Å²) in [6.45, 7) is 3.80. The van der Waals surface area contributed by atoms with Gasteiger partial charge in [0.15, 0.2) is 0 Å². The molecule has 0 spiro atoms. The molecule has 3 aromatic rings. The van der Waals surface area contributed by atoms with Crippen LogP contribution < -0.4 is 19.1 Å². The van der Waals surface area contributed by atoms with Gasteiger partial charge in [0.2, 0.25) is 5.91 Å². The van der Waals surface area contributed by atoms with Gasteiger partial charge in [0.25, 0.3) is 10.0 Å². The number of nitrogens with one attached hydrogen (secondary N) is 1. The summed E-state index contributed by atoms with van der Waals surface area (Å²) in [5.74, 6) is 0.911. The molecule has 190 valence electrons. The standard InChI is InChI=1S/C28H32N2O5S/c1-4-28(5-2)19-25(24-13-9-10-14-26(24)35-28)29-27(31)20-30(21-11-7-6-8-12-21)36(32,33)23-17-15-22(34-3)16-18-23/h6-18,25H,4-5,19-20H2,1-3H3,(H,29,31). The van der Waals surface area contributed by atoms with Gasteiger partial charge in [-0.2, -0.15) is 0 Å². The first-order chi connectivity index (χ1) is 17.3. The van der Waals surface area contributed by atoms with E-state index in [0.29, 0.717) is 17.9 Å². The minimum atomic E-state index is -4.02. The van der Waals surface area contributed by atoms with E-state index in [4.69, 9.17) is 9.47 Å². The molecule has 8 heteroatoms. The highest BCUT2D eigenvalue weighted by Gasteiger charge is 2.39. The fourth-order valence-electron chi connectivity index (χ4n) is 4.58. The molecule has 0 saturated carbocycles. The second-order valence-corrected chi connectivity index (χ2v) is 10.7. The summed E-state index contributed by atoms with van der Waals surface area (Å²) in [6.07, 6.45) is 2.21. The van der Waals surface area contributed by atoms with Crippen molar-refractivity contribution >= 4 is 21.6 Å². The van der Waals surface area contributed by atoms with Crippen LogP contribution in [0, 0.1) is 0 Å². The molecule has 1 N–H and O–H groups in total. The minimum Gasteiger partial charge on any atom is -0.497 e. The van der Waals surface area contributed by atoms with E-state index in [0.717, 1.165) is 28.5 Å². The Labute approximate surface area is 213 Å². The van der Waals surface area contributed by atoms with E-state index in [1.54, 1.807) is 42.5 Å². The molecule has 0 saturated heterocycles. The minimum absolute atomic E-state index is 0.0762. The number of rotatable bonds is 9. The van der Waals surface area contributed by atoms with E-state index >= 15 is 0 Å². The predicted octanol–water partition coefficient (Wildman–Crippen LogP) is 5.09. The van der Waals surface area contributed by atoms with Gasteiger partial charge in [0.05, 0.1) is 23.7 Å². The topological polar surface area (TPSA) is 84.9 Å². The fourth-order valence-corrected chi connectivity index (χ4v) is 6.01. The predicted molar refractivity (Wildman–Crippen MR) is 140 cm³/mol. The molecule has 1 amide bonds. The van der Waals surface area contributed by atoms with Gasteiger partial charge < -0.3 is 14.8 Å². The molecule has 0 aliphatic carbocycles. The Bertz CT molecular complexity index is 1290. The second kappa shape index (κ2) is 10.6. The lowest BCUT2D eigenvalue weighted by Crippen LogP contribution is -2.47. The van der Waals surface area contributed by atoms with Crippen molar-refractivity contribution in [1.29, 1.82) is 0 Å². The molecule has 36 heavy (non-hydrogen) atoms. The highest BCUT2D eigenvalue weighted by molar-refractivity contribution is 7.92. The van der Waals surface area contributed by atoms with E-state index in [1.165, 1.54) is 19.2 Å². The number of ether oxygens (including phenoxy) is 2. The number of benzene rings is 3. The highest BCUT2D eigenvalue weighted by Crippen LogP contribution is 2.42. The maximum absolute atomic E-state index is 13.6. The zero-order chi connectivity index (χ0) is 25.8. The third-order valence-corrected chi connectivity index (χ3v) is 8.59. The molecule has 1 aliphatic rings. The van der Waals surface area contributed by atoms with Gasteiger partial charge >= 0.3 is 0 Å². The summed E-state index contributed by atoms with van der Waals surface area (Å²) in [7, 11) is -2.50. The Morgan fingerprint density at radius 2 is 1.64 bits per heavy atom. The molecule has 1 unspecified atom stereocenters. The fraction of sp³-hybridized carbons (Fsp3) is 0.321. The second-order valence-electron chi connectivity index (χ2n) is 8.88. The van der Waals surface area contributed by atoms with E-state index in [-0.39, 0.29) is 23.1 Å². The van der Waals surface area contributed by atoms with Crippen molar-refractivity contribution in [2.45, 2.75) is 49.6 Å². The number of sulfonamides is 1. The van der Waals surface area contributed by atoms with Gasteiger partial charge in [-0.15, -0.1) is 0 Å². The van der Waals surface area contributed by atoms with Crippen molar-refractivity contribution in [2.24, 2.45) is 0 Å². The zero-order valence-electron chi connectivity index (χ0n) is 20.8. The van der Waals surface area contributed by atoms with E-state index in [9.17, 15) is 13.2 Å². The number of para-hydroxylation sites is 2. The zero-order valence-corrected chi connectivity index (χ0v) is 21.6. The number of nitrogens with zero attached hydrogens (tertiary/aromatic N) is 1. The summed E-state index contributed by atoms with van der Waals surface area (Å²) >= 11 is 0. The van der Waals surface area contributed by atoms with Crippen LogP contribution >= 0.6 is 0 Å². The normalized spacial score (nSPS) is 16.4. The van der Waals surface area contributed by atoms with Crippen molar-refractivity contribution in [1.82, 2.24) is 5.32 Å². The van der Waals surface area contributed by atoms with Crippen molar-refractivity contribution in [2.75, 3.05) is 18.0 Å². The quantitative estimate of drug-likeness (QED) is 0.435. The van der Waals surface area contributed by atoms with Crippen molar-refractivity contribution in [3.05, 3.63) is 84.4 Å². The molecule has 1 atom stereocenters. The van der Waals surface area contributed by atoms with Gasteiger partial charge in [-0.05, 0) is 55.3 Å². The molecule has 4 rings (SSSR count). The molecular weight excluding hydrogens is 476 g/mol. The molecule has 1 aliphatic heterocycles. The van der Waals surface area contributed by atoms with Gasteiger partial charge in [0.1, 0.15) is 23.6 Å². The third kappa shape index (κ3) is 5.18. The van der Waals surface area contributed by atoms with Crippen LogP contribution in [-0.4, -0.2) is 33.6 Å². The van der Waals surface area contributed by atoms with Crippen molar-refractivity contribution < 1.29 is 22.7 Å². The number of carbonyl (C=O) groups excluding carboxylic acids is 1. The van der Waals surface area contributed by atoms with E-state index < -0.39 is 15.9 Å². The first kappa shape index (κ1) is 25.6. The largest absolute Gasteiger partial charge is 0.497 e. The Hall–Kier alpha value is -3.52. The maximum atomic E-state index is 13.6. The first-order valence-corrected chi connectivity index (χ1v) is 13.5. The highest BCUT2D eigenvalue weighted by atomic mass is 32.2. The van der Waals surface area contributed by atoms with Crippen LogP contribution in [0.2, 0.25) is 0 Å². The van der Waals surface area contributed by atoms with Gasteiger partial charge in [-0.3, -0.25) is 9.10 Å². The van der Waals surface area contributed by atoms with Crippen LogP contribution in [0.1, 0.15) is 44.7 Å². The van der Waals surface area contributed by atoms with Crippen molar-refractivity contribution in [3.8, 4) is 11.5 Å². The number of hydrogen-bond donors (Lipinski definition) is 1. The van der Waals surface area contributed by atoms with Gasteiger partial charge in [0, 0.05) is 12.0 Å². The lowest BCUT2D eigenvalue weighted by molar-refractivity contribution is -0.121. The number of methoxy groups -OCH3 is 1. The third-order valence-electron chi connectivity index (χ3n) is 6.80. The number of anilines is 1. The molecular formula is C28H32N2O5S. The molecule has 0 radical (unpaired) electrons. The maximum Gasteiger partial charge on any atom is 0.264 e. The number of amides is 1. The first-order valence-electron chi connectivity index (χ1n) is 12.1. The summed E-state index contributed by atoms with van der Waals surface area (Å²) < 4.78 is 39.9. The summed E-state index contributed by atoms with van der Waals surface area (Å²) in [5, 5.41) is 3.10. The van der Waals surface area contributed by atoms with Crippen LogP contribution in [0.15, 0.2) is 83.8 Å². The molecule has 0 fully saturated rings. The summed E-state index contributed by atoms with van der Waals surface area (Å²) in [6, 6.07) is 22.2. The summed E-state index contributed by atoms with van der Waals surface area (Å²) in [4.78, 5) is 13.5. The SMILES string of the molecule is CCC1(CC)CC(NC(=O)CN(c2ccccc2)S(=O)(=O)c2ccc(OC)cc2)c2ccccc2O1. The van der Waals surface area contributed by atoms with E-state index in [1.807, 2.05) is 24.3 Å². The van der Waals surface area contributed by atoms with Gasteiger partial charge in [-0.1, -0.05) is 50.2 Å². The van der Waals surface area contributed by atoms with Crippen LogP contribution in [0.4, 0.5) is 5.69 Å². The Balaban J connectivity index is 1.63. The van der Waals surface area contributed by atoms with Crippen LogP contribution in [0.25, 0.3) is 0 Å². The van der Waals surface area contributed by atoms with Crippen LogP contribution in [0.5, 0.6) is 11.5 Å². The van der Waals surface area contributed by atoms with Crippen molar-refractivity contribution in [3.63, 3.8) is 0 Å². The average Bonchev–Trinajstić information content (AvgIpc) is 2.92. The molecule has 1 heterocycles. The number of carbonyl (C=O) groups is 1. The van der Waals surface area contributed by atoms with Crippen LogP contribution in [0.3, 0.4) is 0 Å². The Kier molecular flexibility index (Phi) is 7.54. The molecule has 0 aromatic heterocycles. The van der Waals surface area contributed by atoms with Crippen LogP contribution in [-0.2, 0) is 14.8 Å². The Morgan fingerprint density at radius 3 is 2.28 bits per heavy atom. The molecule has 7 nitrogen and oxygen atoms in total. The lowest BCUT2D eigenvalue weighted by Gasteiger charge is -2.41. The Morgan fingerprint density at radius 1 is 1.00 bits per heavy atom. The van der Waals surface area contributed by atoms with E-state index in [2.05, 4.69) is 19.2 Å². The number of fused-ring (bicyclic) bond motifs is 1. The van der Waals surface area contributed by atoms with Gasteiger partial charge in [-0.25, -0.2) is 8.42 Å². The smallest absolute Gasteiger partial charge is 0.264 e. The molecule has 3 aromatic carbocycles. The average molecular weight is 509 g/mol. The number of hydrogen-bond acceptors (Lipinski definition) is 5.